The van der Waals surface area contributed by atoms with Crippen molar-refractivity contribution < 1.29 is 41.4 Å². The highest BCUT2D eigenvalue weighted by Crippen LogP contribution is 2.51. The van der Waals surface area contributed by atoms with Gasteiger partial charge in [-0.25, -0.2) is 9.37 Å². The number of amides is 2. The summed E-state index contributed by atoms with van der Waals surface area (Å²) in [5.74, 6) is -0.0922. The van der Waals surface area contributed by atoms with Gasteiger partial charge in [-0.3, -0.25) is 9.59 Å². The van der Waals surface area contributed by atoms with Crippen molar-refractivity contribution in [3.8, 4) is 5.75 Å². The molecule has 48 heavy (non-hydrogen) atoms. The zero-order valence-corrected chi connectivity index (χ0v) is 29.1. The Morgan fingerprint density at radius 3 is 2.35 bits per heavy atom. The van der Waals surface area contributed by atoms with E-state index in [1.807, 2.05) is 0 Å². The van der Waals surface area contributed by atoms with Gasteiger partial charge in [0.05, 0.1) is 45.7 Å². The van der Waals surface area contributed by atoms with Crippen LogP contribution in [-0.4, -0.2) is 61.5 Å². The number of hydrogen-bond acceptors (Lipinski definition) is 7. The molecule has 2 aliphatic heterocycles. The molecule has 264 valence electrons. The number of halogens is 4. The maximum absolute atomic E-state index is 14.2. The zero-order chi connectivity index (χ0) is 35.3. The van der Waals surface area contributed by atoms with Crippen LogP contribution >= 0.6 is 11.3 Å². The normalized spacial score (nSPS) is 21.6. The second kappa shape index (κ2) is 15.5. The first-order chi connectivity index (χ1) is 22.7. The van der Waals surface area contributed by atoms with Crippen LogP contribution in [0.2, 0.25) is 0 Å². The van der Waals surface area contributed by atoms with Gasteiger partial charge in [0.2, 0.25) is 0 Å². The van der Waals surface area contributed by atoms with Gasteiger partial charge in [-0.15, -0.1) is 11.3 Å². The number of hydrogen-bond donors (Lipinski definition) is 2. The fraction of sp³-hybridized carbons (Fsp3) is 0.571. The van der Waals surface area contributed by atoms with Crippen molar-refractivity contribution in [2.75, 3.05) is 32.8 Å². The number of alkyl halides is 3. The second-order valence-corrected chi connectivity index (χ2v) is 14.3. The number of aromatic nitrogens is 1. The lowest BCUT2D eigenvalue weighted by Gasteiger charge is -2.53. The van der Waals surface area contributed by atoms with Crippen molar-refractivity contribution in [2.45, 2.75) is 90.0 Å². The van der Waals surface area contributed by atoms with Gasteiger partial charge in [-0.05, 0) is 81.2 Å². The Bertz CT molecular complexity index is 1560. The minimum Gasteiger partial charge on any atom is -0.496 e. The number of carbonyl (C=O) groups excluding carboxylic acids is 2. The van der Waals surface area contributed by atoms with Crippen molar-refractivity contribution in [3.63, 3.8) is 0 Å². The SMILES string of the molecule is CCCC(C)CC(C)COC.COc1ccc2nc(C)sc2c1C(=O)Nc1cc(F)ccc1C(=O)NC12CCC(C(F)(F)F)(CC1)OC2. The van der Waals surface area contributed by atoms with Crippen molar-refractivity contribution in [1.82, 2.24) is 10.3 Å². The minimum atomic E-state index is -4.49. The van der Waals surface area contributed by atoms with E-state index < -0.39 is 34.9 Å². The molecule has 2 N–H and O–H groups in total. The summed E-state index contributed by atoms with van der Waals surface area (Å²) in [4.78, 5) is 31.0. The number of carbonyl (C=O) groups is 2. The van der Waals surface area contributed by atoms with Crippen LogP contribution < -0.4 is 15.4 Å². The highest BCUT2D eigenvalue weighted by Gasteiger charge is 2.63. The Morgan fingerprint density at radius 1 is 1.06 bits per heavy atom. The van der Waals surface area contributed by atoms with Crippen LogP contribution in [-0.2, 0) is 9.47 Å². The Kier molecular flexibility index (Phi) is 12.1. The van der Waals surface area contributed by atoms with Gasteiger partial charge in [0, 0.05) is 13.7 Å². The fourth-order valence-electron chi connectivity index (χ4n) is 6.65. The lowest BCUT2D eigenvalue weighted by molar-refractivity contribution is -0.317. The van der Waals surface area contributed by atoms with E-state index >= 15 is 0 Å². The predicted octanol–water partition coefficient (Wildman–Crippen LogP) is 8.47. The van der Waals surface area contributed by atoms with Crippen LogP contribution in [0, 0.1) is 24.6 Å². The summed E-state index contributed by atoms with van der Waals surface area (Å²) < 4.78 is 70.9. The number of aryl methyl sites for hydroxylation is 1. The summed E-state index contributed by atoms with van der Waals surface area (Å²) in [7, 11) is 3.19. The number of nitrogens with zero attached hydrogens (tertiary/aromatic N) is 1. The third kappa shape index (κ3) is 8.46. The van der Waals surface area contributed by atoms with E-state index in [2.05, 4.69) is 36.4 Å². The molecule has 3 aromatic rings. The molecule has 3 heterocycles. The van der Waals surface area contributed by atoms with E-state index in [0.29, 0.717) is 10.2 Å². The van der Waals surface area contributed by atoms with E-state index in [0.717, 1.165) is 35.6 Å². The molecule has 3 fully saturated rings. The molecule has 2 saturated heterocycles. The lowest BCUT2D eigenvalue weighted by Crippen LogP contribution is -2.66. The smallest absolute Gasteiger partial charge is 0.417 e. The fourth-order valence-corrected chi connectivity index (χ4v) is 7.61. The molecule has 1 aliphatic carbocycles. The molecule has 1 saturated carbocycles. The van der Waals surface area contributed by atoms with Gasteiger partial charge in [0.15, 0.2) is 5.60 Å². The molecule has 3 aliphatic rings. The molecule has 0 radical (unpaired) electrons. The minimum absolute atomic E-state index is 0.0333. The third-order valence-electron chi connectivity index (χ3n) is 9.12. The number of nitrogens with one attached hydrogen (secondary N) is 2. The Morgan fingerprint density at radius 2 is 1.77 bits per heavy atom. The van der Waals surface area contributed by atoms with Gasteiger partial charge in [-0.1, -0.05) is 33.6 Å². The van der Waals surface area contributed by atoms with E-state index in [1.165, 1.54) is 43.8 Å². The van der Waals surface area contributed by atoms with E-state index in [1.54, 1.807) is 26.2 Å². The predicted molar refractivity (Wildman–Crippen MR) is 178 cm³/mol. The first-order valence-electron chi connectivity index (χ1n) is 16.2. The maximum atomic E-state index is 14.2. The summed E-state index contributed by atoms with van der Waals surface area (Å²) >= 11 is 1.29. The zero-order valence-electron chi connectivity index (χ0n) is 28.3. The van der Waals surface area contributed by atoms with Crippen molar-refractivity contribution >= 4 is 39.1 Å². The van der Waals surface area contributed by atoms with Crippen molar-refractivity contribution in [1.29, 1.82) is 0 Å². The van der Waals surface area contributed by atoms with Gasteiger partial charge < -0.3 is 24.8 Å². The first kappa shape index (κ1) is 37.5. The lowest BCUT2D eigenvalue weighted by atomic mass is 9.70. The number of fused-ring (bicyclic) bond motifs is 4. The molecular weight excluding hydrogens is 650 g/mol. The van der Waals surface area contributed by atoms with Gasteiger partial charge in [0.1, 0.15) is 17.1 Å². The molecule has 1 aromatic heterocycles. The summed E-state index contributed by atoms with van der Waals surface area (Å²) in [6.07, 6.45) is -0.866. The third-order valence-corrected chi connectivity index (χ3v) is 10.1. The average Bonchev–Trinajstić information content (AvgIpc) is 3.41. The number of benzene rings is 2. The van der Waals surface area contributed by atoms with Crippen molar-refractivity contribution in [3.05, 3.63) is 52.3 Å². The van der Waals surface area contributed by atoms with Crippen LogP contribution in [0.3, 0.4) is 0 Å². The Balaban J connectivity index is 0.000000408. The standard InChI is InChI=1S/C25H23F4N3O4S.C10H22O/c1-13-30-16-5-6-18(35-2)19(20(16)37-13)22(34)31-17-11-14(26)3-4-15(17)21(33)32-23-7-9-24(10-8-23,36-12-23)25(27,28)29;1-5-6-9(2)7-10(3)8-11-4/h3-6,11H,7-10,12H2,1-2H3,(H,31,34)(H,32,33);9-10H,5-8H2,1-4H3. The molecular formula is C35H45F4N3O5S. The van der Waals surface area contributed by atoms with Crippen LogP contribution in [0.4, 0.5) is 23.2 Å². The largest absolute Gasteiger partial charge is 0.496 e. The molecule has 2 bridgehead atoms. The molecule has 6 rings (SSSR count). The highest BCUT2D eigenvalue weighted by molar-refractivity contribution is 7.19. The van der Waals surface area contributed by atoms with Crippen LogP contribution in [0.1, 0.15) is 91.4 Å². The summed E-state index contributed by atoms with van der Waals surface area (Å²) in [5.41, 5.74) is -2.49. The molecule has 2 aromatic carbocycles. The molecule has 0 spiro atoms. The second-order valence-electron chi connectivity index (χ2n) is 13.1. The monoisotopic (exact) mass is 695 g/mol. The van der Waals surface area contributed by atoms with E-state index in [9.17, 15) is 27.2 Å². The number of ether oxygens (including phenoxy) is 3. The average molecular weight is 696 g/mol. The van der Waals surface area contributed by atoms with Gasteiger partial charge in [0.25, 0.3) is 11.8 Å². The Hall–Kier alpha value is -3.29. The summed E-state index contributed by atoms with van der Waals surface area (Å²) in [6.45, 7) is 9.26. The highest BCUT2D eigenvalue weighted by atomic mass is 32.1. The quantitative estimate of drug-likeness (QED) is 0.195. The number of anilines is 1. The molecule has 2 atom stereocenters. The van der Waals surface area contributed by atoms with Crippen LogP contribution in [0.25, 0.3) is 10.2 Å². The topological polar surface area (TPSA) is 98.8 Å². The van der Waals surface area contributed by atoms with E-state index in [-0.39, 0.29) is 54.9 Å². The van der Waals surface area contributed by atoms with Crippen LogP contribution in [0.15, 0.2) is 30.3 Å². The number of thiazole rings is 1. The molecule has 8 nitrogen and oxygen atoms in total. The summed E-state index contributed by atoms with van der Waals surface area (Å²) in [5, 5.41) is 6.14. The Labute approximate surface area is 282 Å². The van der Waals surface area contributed by atoms with Crippen LogP contribution in [0.5, 0.6) is 5.75 Å². The number of methoxy groups -OCH3 is 2. The molecule has 13 heteroatoms. The van der Waals surface area contributed by atoms with Gasteiger partial charge in [-0.2, -0.15) is 13.2 Å². The summed E-state index contributed by atoms with van der Waals surface area (Å²) in [6, 6.07) is 6.63. The van der Waals surface area contributed by atoms with E-state index in [4.69, 9.17) is 14.2 Å². The number of rotatable bonds is 11. The van der Waals surface area contributed by atoms with Crippen molar-refractivity contribution in [2.24, 2.45) is 11.8 Å². The van der Waals surface area contributed by atoms with Gasteiger partial charge >= 0.3 is 6.18 Å². The maximum Gasteiger partial charge on any atom is 0.417 e. The first-order valence-corrected chi connectivity index (χ1v) is 17.0. The molecule has 2 amide bonds. The molecule has 2 unspecified atom stereocenters.